The van der Waals surface area contributed by atoms with E-state index < -0.39 is 5.97 Å². The number of methoxy groups -OCH3 is 3. The average Bonchev–Trinajstić information content (AvgIpc) is 2.66. The Kier molecular flexibility index (Phi) is 15.7. The van der Waals surface area contributed by atoms with Gasteiger partial charge >= 0.3 is 0 Å². The molecule has 5 heteroatoms. The fourth-order valence-corrected chi connectivity index (χ4v) is 4.23. The summed E-state index contributed by atoms with van der Waals surface area (Å²) in [6, 6.07) is 0. The normalized spacial score (nSPS) is 14.5. The van der Waals surface area contributed by atoms with Crippen molar-refractivity contribution in [3.8, 4) is 0 Å². The van der Waals surface area contributed by atoms with E-state index in [9.17, 15) is 0 Å². The molecule has 0 spiro atoms. The second-order valence-corrected chi connectivity index (χ2v) is 7.36. The molecule has 0 rings (SSSR count). The molecule has 158 valence electrons. The number of nitrogens with one attached hydrogen (secondary N) is 1. The number of rotatable bonds is 19. The van der Waals surface area contributed by atoms with E-state index in [4.69, 9.17) is 19.9 Å². The van der Waals surface area contributed by atoms with Crippen LogP contribution in [0.4, 0.5) is 0 Å². The van der Waals surface area contributed by atoms with Crippen LogP contribution in [0, 0.1) is 5.41 Å². The highest BCUT2D eigenvalue weighted by atomic mass is 16.9. The van der Waals surface area contributed by atoms with Crippen LogP contribution in [-0.2, 0) is 14.2 Å². The molecule has 0 aliphatic heterocycles. The molecule has 0 aromatic carbocycles. The number of hydrogen-bond acceptors (Lipinski definition) is 5. The fraction of sp³-hybridized carbons (Fsp3) is 1.00. The highest BCUT2D eigenvalue weighted by molar-refractivity contribution is 4.89. The molecule has 3 N–H and O–H groups in total. The maximum atomic E-state index is 5.84. The van der Waals surface area contributed by atoms with Crippen molar-refractivity contribution in [2.75, 3.05) is 41.0 Å². The minimum Gasteiger partial charge on any atom is -0.330 e. The minimum absolute atomic E-state index is 0.130. The van der Waals surface area contributed by atoms with Gasteiger partial charge in [0.05, 0.1) is 5.41 Å². The standard InChI is InChI=1S/C21H46N2O3/c1-6-8-9-10-11-12-15-20(14-7-2,16-13-18-23-19-17-22)21(24-3,25-4)26-5/h23H,6-19,22H2,1-5H3. The lowest BCUT2D eigenvalue weighted by atomic mass is 9.72. The minimum atomic E-state index is -0.972. The molecule has 0 aromatic rings. The quantitative estimate of drug-likeness (QED) is 0.258. The first kappa shape index (κ1) is 25.8. The van der Waals surface area contributed by atoms with Gasteiger partial charge in [-0.05, 0) is 32.2 Å². The molecule has 0 aliphatic carbocycles. The molecule has 0 saturated heterocycles. The van der Waals surface area contributed by atoms with E-state index in [0.717, 1.165) is 45.2 Å². The van der Waals surface area contributed by atoms with Gasteiger partial charge in [0.1, 0.15) is 0 Å². The first-order valence-corrected chi connectivity index (χ1v) is 10.7. The van der Waals surface area contributed by atoms with Crippen molar-refractivity contribution in [1.29, 1.82) is 0 Å². The number of hydrogen-bond donors (Lipinski definition) is 2. The Morgan fingerprint density at radius 2 is 1.27 bits per heavy atom. The van der Waals surface area contributed by atoms with Gasteiger partial charge in [-0.3, -0.25) is 0 Å². The second kappa shape index (κ2) is 15.8. The molecule has 0 radical (unpaired) electrons. The van der Waals surface area contributed by atoms with E-state index >= 15 is 0 Å². The van der Waals surface area contributed by atoms with Gasteiger partial charge in [-0.25, -0.2) is 0 Å². The third-order valence-corrected chi connectivity index (χ3v) is 5.52. The maximum absolute atomic E-state index is 5.84. The van der Waals surface area contributed by atoms with Crippen LogP contribution in [-0.4, -0.2) is 46.9 Å². The SMILES string of the molecule is CCCCCCCCC(CCC)(CCCNCCN)C(OC)(OC)OC. The van der Waals surface area contributed by atoms with E-state index in [2.05, 4.69) is 19.2 Å². The van der Waals surface area contributed by atoms with E-state index in [-0.39, 0.29) is 5.41 Å². The lowest BCUT2D eigenvalue weighted by molar-refractivity contribution is -0.411. The summed E-state index contributed by atoms with van der Waals surface area (Å²) in [5.41, 5.74) is 5.44. The largest absolute Gasteiger partial charge is 0.330 e. The predicted octanol–water partition coefficient (Wildman–Crippen LogP) is 4.45. The Morgan fingerprint density at radius 1 is 0.692 bits per heavy atom. The van der Waals surface area contributed by atoms with Gasteiger partial charge in [-0.2, -0.15) is 0 Å². The molecule has 26 heavy (non-hydrogen) atoms. The van der Waals surface area contributed by atoms with Crippen molar-refractivity contribution < 1.29 is 14.2 Å². The Morgan fingerprint density at radius 3 is 1.81 bits per heavy atom. The van der Waals surface area contributed by atoms with Crippen molar-refractivity contribution in [1.82, 2.24) is 5.32 Å². The summed E-state index contributed by atoms with van der Waals surface area (Å²) in [6.45, 7) is 6.99. The smallest absolute Gasteiger partial charge is 0.288 e. The third-order valence-electron chi connectivity index (χ3n) is 5.52. The van der Waals surface area contributed by atoms with Crippen molar-refractivity contribution in [2.45, 2.75) is 90.4 Å². The lowest BCUT2D eigenvalue weighted by Crippen LogP contribution is -2.53. The summed E-state index contributed by atoms with van der Waals surface area (Å²) < 4.78 is 17.5. The molecule has 0 fully saturated rings. The monoisotopic (exact) mass is 374 g/mol. The lowest BCUT2D eigenvalue weighted by Gasteiger charge is -2.47. The summed E-state index contributed by atoms with van der Waals surface area (Å²) in [4.78, 5) is 0. The van der Waals surface area contributed by atoms with Gasteiger partial charge in [-0.1, -0.05) is 58.8 Å². The van der Waals surface area contributed by atoms with Crippen LogP contribution in [0.15, 0.2) is 0 Å². The van der Waals surface area contributed by atoms with Crippen LogP contribution in [0.5, 0.6) is 0 Å². The molecule has 1 unspecified atom stereocenters. The number of unbranched alkanes of at least 4 members (excludes halogenated alkanes) is 5. The van der Waals surface area contributed by atoms with E-state index in [0.29, 0.717) is 6.54 Å². The maximum Gasteiger partial charge on any atom is 0.288 e. The Bertz CT molecular complexity index is 303. The zero-order valence-corrected chi connectivity index (χ0v) is 18.2. The summed E-state index contributed by atoms with van der Waals surface area (Å²) in [6.07, 6.45) is 13.0. The van der Waals surface area contributed by atoms with E-state index in [1.165, 1.54) is 38.5 Å². The van der Waals surface area contributed by atoms with Crippen LogP contribution in [0.2, 0.25) is 0 Å². The zero-order chi connectivity index (χ0) is 19.7. The van der Waals surface area contributed by atoms with Gasteiger partial charge in [0.15, 0.2) is 0 Å². The average molecular weight is 375 g/mol. The Hall–Kier alpha value is -0.200. The summed E-state index contributed by atoms with van der Waals surface area (Å²) in [5.74, 6) is -0.972. The molecular formula is C21H46N2O3. The van der Waals surface area contributed by atoms with E-state index in [1.807, 2.05) is 0 Å². The topological polar surface area (TPSA) is 65.7 Å². The number of nitrogens with two attached hydrogens (primary N) is 1. The molecule has 0 heterocycles. The van der Waals surface area contributed by atoms with Crippen LogP contribution in [0.1, 0.15) is 84.5 Å². The van der Waals surface area contributed by atoms with Crippen molar-refractivity contribution in [2.24, 2.45) is 11.1 Å². The molecule has 0 aromatic heterocycles. The predicted molar refractivity (Wildman–Crippen MR) is 110 cm³/mol. The zero-order valence-electron chi connectivity index (χ0n) is 18.2. The highest BCUT2D eigenvalue weighted by Gasteiger charge is 2.52. The van der Waals surface area contributed by atoms with Gasteiger partial charge in [0, 0.05) is 34.4 Å². The second-order valence-electron chi connectivity index (χ2n) is 7.36. The molecule has 0 saturated carbocycles. The van der Waals surface area contributed by atoms with Gasteiger partial charge in [0.25, 0.3) is 5.97 Å². The van der Waals surface area contributed by atoms with Crippen LogP contribution in [0.25, 0.3) is 0 Å². The van der Waals surface area contributed by atoms with Crippen LogP contribution >= 0.6 is 0 Å². The highest BCUT2D eigenvalue weighted by Crippen LogP contribution is 2.48. The first-order chi connectivity index (χ1) is 12.6. The van der Waals surface area contributed by atoms with E-state index in [1.54, 1.807) is 21.3 Å². The molecule has 0 aliphatic rings. The van der Waals surface area contributed by atoms with Crippen LogP contribution < -0.4 is 11.1 Å². The first-order valence-electron chi connectivity index (χ1n) is 10.7. The molecule has 5 nitrogen and oxygen atoms in total. The molecule has 0 bridgehead atoms. The summed E-state index contributed by atoms with van der Waals surface area (Å²) in [5, 5.41) is 3.40. The van der Waals surface area contributed by atoms with Crippen molar-refractivity contribution in [3.05, 3.63) is 0 Å². The van der Waals surface area contributed by atoms with Crippen molar-refractivity contribution in [3.63, 3.8) is 0 Å². The van der Waals surface area contributed by atoms with Gasteiger partial charge < -0.3 is 25.3 Å². The molecular weight excluding hydrogens is 328 g/mol. The molecule has 0 amide bonds. The van der Waals surface area contributed by atoms with Crippen LogP contribution in [0.3, 0.4) is 0 Å². The van der Waals surface area contributed by atoms with Gasteiger partial charge in [-0.15, -0.1) is 0 Å². The van der Waals surface area contributed by atoms with Crippen molar-refractivity contribution >= 4 is 0 Å². The Balaban J connectivity index is 5.03. The summed E-state index contributed by atoms with van der Waals surface area (Å²) in [7, 11) is 5.10. The summed E-state index contributed by atoms with van der Waals surface area (Å²) >= 11 is 0. The van der Waals surface area contributed by atoms with Gasteiger partial charge in [0.2, 0.25) is 0 Å². The third kappa shape index (κ3) is 8.22. The molecule has 1 atom stereocenters. The fourth-order valence-electron chi connectivity index (χ4n) is 4.23. The Labute approximate surface area is 162 Å². The number of ether oxygens (including phenoxy) is 3.